The first-order chi connectivity index (χ1) is 10.6. The Balaban J connectivity index is 2.41. The van der Waals surface area contributed by atoms with Crippen molar-refractivity contribution in [1.29, 1.82) is 0 Å². The summed E-state index contributed by atoms with van der Waals surface area (Å²) in [5, 5.41) is 24.4. The van der Waals surface area contributed by atoms with Gasteiger partial charge in [-0.05, 0) is 18.1 Å². The van der Waals surface area contributed by atoms with Crippen LogP contribution in [0.15, 0.2) is 12.1 Å². The molecule has 0 unspecified atom stereocenters. The number of nitro groups is 1. The van der Waals surface area contributed by atoms with Gasteiger partial charge < -0.3 is 15.2 Å². The number of hydrogen-bond donors (Lipinski definition) is 2. The second-order valence-electron chi connectivity index (χ2n) is 5.44. The van der Waals surface area contributed by atoms with Crippen molar-refractivity contribution in [3.05, 3.63) is 27.8 Å². The molecular formula is C15H23N3O4. The Morgan fingerprint density at radius 2 is 2.14 bits per heavy atom. The first kappa shape index (κ1) is 16.5. The summed E-state index contributed by atoms with van der Waals surface area (Å²) >= 11 is 0. The monoisotopic (exact) mass is 309 g/mol. The van der Waals surface area contributed by atoms with Crippen molar-refractivity contribution < 1.29 is 14.8 Å². The third-order valence-corrected chi connectivity index (χ3v) is 4.03. The molecule has 1 saturated heterocycles. The van der Waals surface area contributed by atoms with Crippen LogP contribution < -0.4 is 10.1 Å². The van der Waals surface area contributed by atoms with Gasteiger partial charge in [0.05, 0.1) is 12.0 Å². The summed E-state index contributed by atoms with van der Waals surface area (Å²) in [4.78, 5) is 12.9. The molecule has 1 heterocycles. The largest absolute Gasteiger partial charge is 0.500 e. The smallest absolute Gasteiger partial charge is 0.314 e. The molecule has 22 heavy (non-hydrogen) atoms. The second-order valence-corrected chi connectivity index (χ2v) is 5.44. The Kier molecular flexibility index (Phi) is 5.57. The molecule has 2 N–H and O–H groups in total. The molecule has 0 aromatic heterocycles. The van der Waals surface area contributed by atoms with Crippen LogP contribution in [0.25, 0.3) is 0 Å². The Hall–Kier alpha value is -1.86. The van der Waals surface area contributed by atoms with Crippen molar-refractivity contribution >= 4 is 5.69 Å². The SMILES string of the molecule is CCC[C@H](c1cc(OC)c(O)c([N+](=O)[O-])c1)N1CCNCC1. The predicted octanol–water partition coefficient (Wildman–Crippen LogP) is 2.06. The molecule has 1 aromatic carbocycles. The third kappa shape index (κ3) is 3.48. The highest BCUT2D eigenvalue weighted by molar-refractivity contribution is 5.57. The minimum absolute atomic E-state index is 0.0975. The summed E-state index contributed by atoms with van der Waals surface area (Å²) in [5.74, 6) is -0.257. The first-order valence-corrected chi connectivity index (χ1v) is 7.58. The van der Waals surface area contributed by atoms with Gasteiger partial charge in [-0.25, -0.2) is 0 Å². The Labute approximate surface area is 130 Å². The zero-order valence-electron chi connectivity index (χ0n) is 13.0. The summed E-state index contributed by atoms with van der Waals surface area (Å²) in [6.45, 7) is 5.74. The van der Waals surface area contributed by atoms with Gasteiger partial charge in [-0.1, -0.05) is 13.3 Å². The van der Waals surface area contributed by atoms with E-state index in [1.54, 1.807) is 6.07 Å². The molecule has 1 fully saturated rings. The molecule has 0 amide bonds. The molecule has 1 aliphatic heterocycles. The number of aromatic hydroxyl groups is 1. The number of ether oxygens (including phenoxy) is 1. The number of hydrogen-bond acceptors (Lipinski definition) is 6. The molecule has 1 aliphatic rings. The maximum absolute atomic E-state index is 11.2. The van der Waals surface area contributed by atoms with E-state index in [4.69, 9.17) is 4.74 Å². The molecule has 7 heteroatoms. The van der Waals surface area contributed by atoms with E-state index in [1.165, 1.54) is 13.2 Å². The summed E-state index contributed by atoms with van der Waals surface area (Å²) in [6, 6.07) is 3.28. The fourth-order valence-electron chi connectivity index (χ4n) is 2.93. The van der Waals surface area contributed by atoms with E-state index in [2.05, 4.69) is 17.1 Å². The quantitative estimate of drug-likeness (QED) is 0.618. The van der Waals surface area contributed by atoms with Crippen LogP contribution in [0.1, 0.15) is 31.4 Å². The van der Waals surface area contributed by atoms with Gasteiger partial charge in [0.15, 0.2) is 5.75 Å². The zero-order chi connectivity index (χ0) is 16.1. The number of methoxy groups -OCH3 is 1. The van der Waals surface area contributed by atoms with Gasteiger partial charge in [-0.3, -0.25) is 15.0 Å². The number of phenolic OH excluding ortho intramolecular Hbond substituents is 1. The number of phenols is 1. The number of nitrogens with zero attached hydrogens (tertiary/aromatic N) is 2. The van der Waals surface area contributed by atoms with Crippen molar-refractivity contribution in [1.82, 2.24) is 10.2 Å². The molecule has 7 nitrogen and oxygen atoms in total. The highest BCUT2D eigenvalue weighted by atomic mass is 16.6. The van der Waals surface area contributed by atoms with Gasteiger partial charge in [-0.2, -0.15) is 0 Å². The number of nitro benzene ring substituents is 1. The van der Waals surface area contributed by atoms with E-state index < -0.39 is 10.7 Å². The van der Waals surface area contributed by atoms with Crippen molar-refractivity contribution in [3.8, 4) is 11.5 Å². The summed E-state index contributed by atoms with van der Waals surface area (Å²) in [5.41, 5.74) is 0.524. The summed E-state index contributed by atoms with van der Waals surface area (Å²) in [7, 11) is 1.40. The third-order valence-electron chi connectivity index (χ3n) is 4.03. The highest BCUT2D eigenvalue weighted by Gasteiger charge is 2.27. The van der Waals surface area contributed by atoms with Gasteiger partial charge in [0.1, 0.15) is 0 Å². The molecule has 0 radical (unpaired) electrons. The normalized spacial score (nSPS) is 17.2. The average molecular weight is 309 g/mol. The van der Waals surface area contributed by atoms with Gasteiger partial charge >= 0.3 is 5.69 Å². The summed E-state index contributed by atoms with van der Waals surface area (Å²) < 4.78 is 5.11. The average Bonchev–Trinajstić information content (AvgIpc) is 2.53. The standard InChI is InChI=1S/C15H23N3O4/c1-3-4-12(17-7-5-16-6-8-17)11-9-13(18(20)21)15(19)14(10-11)22-2/h9-10,12,16,19H,3-8H2,1-2H3/t12-/m1/s1. The minimum Gasteiger partial charge on any atom is -0.500 e. The molecule has 0 aliphatic carbocycles. The number of piperazine rings is 1. The van der Waals surface area contributed by atoms with Gasteiger partial charge in [0, 0.05) is 38.3 Å². The van der Waals surface area contributed by atoms with Crippen LogP contribution in [-0.4, -0.2) is 48.2 Å². The maximum Gasteiger partial charge on any atom is 0.314 e. The van der Waals surface area contributed by atoms with E-state index in [9.17, 15) is 15.2 Å². The lowest BCUT2D eigenvalue weighted by Gasteiger charge is -2.35. The molecule has 1 atom stereocenters. The van der Waals surface area contributed by atoms with E-state index >= 15 is 0 Å². The van der Waals surface area contributed by atoms with Crippen LogP contribution in [0.2, 0.25) is 0 Å². The molecule has 0 saturated carbocycles. The Morgan fingerprint density at radius 1 is 1.45 bits per heavy atom. The van der Waals surface area contributed by atoms with Crippen LogP contribution in [0.4, 0.5) is 5.69 Å². The van der Waals surface area contributed by atoms with Crippen molar-refractivity contribution in [2.24, 2.45) is 0 Å². The number of benzene rings is 1. The lowest BCUT2D eigenvalue weighted by atomic mass is 9.98. The van der Waals surface area contributed by atoms with Crippen LogP contribution in [0.3, 0.4) is 0 Å². The fourth-order valence-corrected chi connectivity index (χ4v) is 2.93. The number of rotatable bonds is 6. The topological polar surface area (TPSA) is 87.9 Å². The first-order valence-electron chi connectivity index (χ1n) is 7.58. The number of nitrogens with one attached hydrogen (secondary N) is 1. The minimum atomic E-state index is -0.567. The highest BCUT2D eigenvalue weighted by Crippen LogP contribution is 2.40. The van der Waals surface area contributed by atoms with E-state index in [0.717, 1.165) is 44.6 Å². The second kappa shape index (κ2) is 7.42. The zero-order valence-corrected chi connectivity index (χ0v) is 13.0. The maximum atomic E-state index is 11.2. The molecule has 0 spiro atoms. The van der Waals surface area contributed by atoms with E-state index in [0.29, 0.717) is 0 Å². The molecule has 2 rings (SSSR count). The van der Waals surface area contributed by atoms with E-state index in [1.807, 2.05) is 0 Å². The van der Waals surface area contributed by atoms with Crippen molar-refractivity contribution in [2.75, 3.05) is 33.3 Å². The molecule has 1 aromatic rings. The van der Waals surface area contributed by atoms with Crippen LogP contribution in [0, 0.1) is 10.1 Å². The van der Waals surface area contributed by atoms with Gasteiger partial charge in [0.2, 0.25) is 5.75 Å². The van der Waals surface area contributed by atoms with E-state index in [-0.39, 0.29) is 17.5 Å². The molecular weight excluding hydrogens is 286 g/mol. The molecule has 0 bridgehead atoms. The lowest BCUT2D eigenvalue weighted by molar-refractivity contribution is -0.386. The summed E-state index contributed by atoms with van der Waals surface area (Å²) in [6.07, 6.45) is 1.89. The van der Waals surface area contributed by atoms with Crippen LogP contribution >= 0.6 is 0 Å². The fraction of sp³-hybridized carbons (Fsp3) is 0.600. The Morgan fingerprint density at radius 3 is 2.68 bits per heavy atom. The van der Waals surface area contributed by atoms with Crippen LogP contribution in [-0.2, 0) is 0 Å². The van der Waals surface area contributed by atoms with Gasteiger partial charge in [0.25, 0.3) is 0 Å². The lowest BCUT2D eigenvalue weighted by Crippen LogP contribution is -2.45. The predicted molar refractivity (Wildman–Crippen MR) is 83.4 cm³/mol. The van der Waals surface area contributed by atoms with Crippen molar-refractivity contribution in [3.63, 3.8) is 0 Å². The van der Waals surface area contributed by atoms with Gasteiger partial charge in [-0.15, -0.1) is 0 Å². The Bertz CT molecular complexity index is 530. The van der Waals surface area contributed by atoms with Crippen LogP contribution in [0.5, 0.6) is 11.5 Å². The van der Waals surface area contributed by atoms with Crippen molar-refractivity contribution in [2.45, 2.75) is 25.8 Å². The molecule has 122 valence electrons.